The first kappa shape index (κ1) is 12.7. The average Bonchev–Trinajstić information content (AvgIpc) is 2.34. The van der Waals surface area contributed by atoms with Crippen LogP contribution in [-0.2, 0) is 0 Å². The van der Waals surface area contributed by atoms with Crippen molar-refractivity contribution in [3.8, 4) is 6.07 Å². The summed E-state index contributed by atoms with van der Waals surface area (Å²) in [6, 6.07) is 4.16. The quantitative estimate of drug-likeness (QED) is 0.821. The van der Waals surface area contributed by atoms with E-state index in [4.69, 9.17) is 11.0 Å². The molecule has 0 saturated carbocycles. The van der Waals surface area contributed by atoms with Gasteiger partial charge in [-0.3, -0.25) is 0 Å². The van der Waals surface area contributed by atoms with Gasteiger partial charge in [-0.15, -0.1) is 0 Å². The SMILES string of the molecule is CC1CN(C)CCC1Nc1ncc(N)cc1C#N. The Balaban J connectivity index is 2.12. The van der Waals surface area contributed by atoms with Gasteiger partial charge in [0.1, 0.15) is 11.9 Å². The Morgan fingerprint density at radius 3 is 3.06 bits per heavy atom. The van der Waals surface area contributed by atoms with E-state index in [1.54, 1.807) is 12.3 Å². The smallest absolute Gasteiger partial charge is 0.144 e. The molecule has 0 spiro atoms. The Morgan fingerprint density at radius 2 is 2.39 bits per heavy atom. The number of likely N-dealkylation sites (tertiary alicyclic amines) is 1. The van der Waals surface area contributed by atoms with Gasteiger partial charge in [-0.25, -0.2) is 4.98 Å². The molecule has 1 saturated heterocycles. The summed E-state index contributed by atoms with van der Waals surface area (Å²) >= 11 is 0. The predicted octanol–water partition coefficient (Wildman–Crippen LogP) is 1.29. The molecule has 0 aromatic carbocycles. The zero-order valence-corrected chi connectivity index (χ0v) is 10.8. The number of anilines is 2. The maximum absolute atomic E-state index is 9.09. The third-order valence-electron chi connectivity index (χ3n) is 3.46. The highest BCUT2D eigenvalue weighted by Crippen LogP contribution is 2.22. The Labute approximate surface area is 108 Å². The largest absolute Gasteiger partial charge is 0.397 e. The number of nitrogens with two attached hydrogens (primary N) is 1. The van der Waals surface area contributed by atoms with Crippen molar-refractivity contribution < 1.29 is 0 Å². The van der Waals surface area contributed by atoms with Gasteiger partial charge < -0.3 is 16.0 Å². The average molecular weight is 245 g/mol. The van der Waals surface area contributed by atoms with Gasteiger partial charge in [0, 0.05) is 12.6 Å². The lowest BCUT2D eigenvalue weighted by Crippen LogP contribution is -2.43. The van der Waals surface area contributed by atoms with E-state index >= 15 is 0 Å². The molecule has 0 amide bonds. The summed E-state index contributed by atoms with van der Waals surface area (Å²) in [4.78, 5) is 6.55. The zero-order valence-electron chi connectivity index (χ0n) is 10.8. The van der Waals surface area contributed by atoms with E-state index < -0.39 is 0 Å². The second kappa shape index (κ2) is 5.23. The fourth-order valence-corrected chi connectivity index (χ4v) is 2.43. The highest BCUT2D eigenvalue weighted by molar-refractivity contribution is 5.57. The number of hydrogen-bond donors (Lipinski definition) is 2. The number of nitrogens with zero attached hydrogens (tertiary/aromatic N) is 3. The molecule has 1 aliphatic rings. The van der Waals surface area contributed by atoms with E-state index in [9.17, 15) is 0 Å². The fourth-order valence-electron chi connectivity index (χ4n) is 2.43. The van der Waals surface area contributed by atoms with Crippen molar-refractivity contribution in [3.63, 3.8) is 0 Å². The fraction of sp³-hybridized carbons (Fsp3) is 0.538. The number of nitrogens with one attached hydrogen (secondary N) is 1. The van der Waals surface area contributed by atoms with Gasteiger partial charge in [-0.1, -0.05) is 6.92 Å². The molecule has 0 bridgehead atoms. The molecule has 0 radical (unpaired) electrons. The van der Waals surface area contributed by atoms with Crippen LogP contribution in [0.5, 0.6) is 0 Å². The van der Waals surface area contributed by atoms with Crippen LogP contribution in [0.2, 0.25) is 0 Å². The zero-order chi connectivity index (χ0) is 13.1. The van der Waals surface area contributed by atoms with Crippen molar-refractivity contribution in [1.82, 2.24) is 9.88 Å². The first-order valence-electron chi connectivity index (χ1n) is 6.21. The molecule has 3 N–H and O–H groups in total. The number of aromatic nitrogens is 1. The third kappa shape index (κ3) is 2.71. The molecule has 2 unspecified atom stereocenters. The second-order valence-corrected chi connectivity index (χ2v) is 5.06. The molecule has 5 nitrogen and oxygen atoms in total. The molecule has 2 heterocycles. The summed E-state index contributed by atoms with van der Waals surface area (Å²) in [6.45, 7) is 4.35. The van der Waals surface area contributed by atoms with Crippen LogP contribution in [0.15, 0.2) is 12.3 Å². The molecule has 1 aliphatic heterocycles. The Bertz CT molecular complexity index is 465. The third-order valence-corrected chi connectivity index (χ3v) is 3.46. The molecule has 1 fully saturated rings. The summed E-state index contributed by atoms with van der Waals surface area (Å²) in [6.07, 6.45) is 2.65. The van der Waals surface area contributed by atoms with Crippen LogP contribution in [0.4, 0.5) is 11.5 Å². The molecular weight excluding hydrogens is 226 g/mol. The molecule has 96 valence electrons. The number of rotatable bonds is 2. The highest BCUT2D eigenvalue weighted by atomic mass is 15.1. The van der Waals surface area contributed by atoms with Crippen LogP contribution in [0.3, 0.4) is 0 Å². The van der Waals surface area contributed by atoms with Gasteiger partial charge in [0.05, 0.1) is 17.4 Å². The monoisotopic (exact) mass is 245 g/mol. The highest BCUT2D eigenvalue weighted by Gasteiger charge is 2.24. The van der Waals surface area contributed by atoms with Gasteiger partial charge in [0.25, 0.3) is 0 Å². The standard InChI is InChI=1S/C13H19N5/c1-9-8-18(2)4-3-12(9)17-13-10(6-14)5-11(15)7-16-13/h5,7,9,12H,3-4,8,15H2,1-2H3,(H,16,17). The van der Waals surface area contributed by atoms with Crippen LogP contribution in [0.1, 0.15) is 18.9 Å². The first-order chi connectivity index (χ1) is 8.60. The van der Waals surface area contributed by atoms with E-state index in [1.165, 1.54) is 0 Å². The van der Waals surface area contributed by atoms with Crippen molar-refractivity contribution in [2.45, 2.75) is 19.4 Å². The van der Waals surface area contributed by atoms with Gasteiger partial charge >= 0.3 is 0 Å². The van der Waals surface area contributed by atoms with Crippen LogP contribution in [0.25, 0.3) is 0 Å². The van der Waals surface area contributed by atoms with Crippen molar-refractivity contribution in [1.29, 1.82) is 5.26 Å². The maximum Gasteiger partial charge on any atom is 0.144 e. The molecular formula is C13H19N5. The number of nitriles is 1. The molecule has 2 rings (SSSR count). The van der Waals surface area contributed by atoms with Gasteiger partial charge in [-0.05, 0) is 32.0 Å². The number of pyridine rings is 1. The minimum atomic E-state index is 0.365. The molecule has 2 atom stereocenters. The van der Waals surface area contributed by atoms with Crippen LogP contribution in [0, 0.1) is 17.2 Å². The van der Waals surface area contributed by atoms with E-state index in [0.29, 0.717) is 29.0 Å². The van der Waals surface area contributed by atoms with Gasteiger partial charge in [0.2, 0.25) is 0 Å². The van der Waals surface area contributed by atoms with Crippen molar-refractivity contribution in [2.75, 3.05) is 31.2 Å². The predicted molar refractivity (Wildman–Crippen MR) is 72.1 cm³/mol. The molecule has 1 aromatic heterocycles. The summed E-state index contributed by atoms with van der Waals surface area (Å²) in [5.74, 6) is 1.18. The van der Waals surface area contributed by atoms with Crippen molar-refractivity contribution in [3.05, 3.63) is 17.8 Å². The molecule has 0 aliphatic carbocycles. The van der Waals surface area contributed by atoms with E-state index in [-0.39, 0.29) is 0 Å². The molecule has 1 aromatic rings. The lowest BCUT2D eigenvalue weighted by molar-refractivity contribution is 0.206. The van der Waals surface area contributed by atoms with Crippen LogP contribution < -0.4 is 11.1 Å². The minimum Gasteiger partial charge on any atom is -0.397 e. The van der Waals surface area contributed by atoms with Crippen LogP contribution in [-0.4, -0.2) is 36.1 Å². The molecule has 5 heteroatoms. The van der Waals surface area contributed by atoms with Crippen molar-refractivity contribution >= 4 is 11.5 Å². The van der Waals surface area contributed by atoms with Gasteiger partial charge in [0.15, 0.2) is 0 Å². The first-order valence-corrected chi connectivity index (χ1v) is 6.21. The van der Waals surface area contributed by atoms with E-state index in [1.807, 2.05) is 0 Å². The Morgan fingerprint density at radius 1 is 1.61 bits per heavy atom. The number of nitrogen functional groups attached to an aromatic ring is 1. The summed E-state index contributed by atoms with van der Waals surface area (Å²) < 4.78 is 0. The van der Waals surface area contributed by atoms with Crippen LogP contribution >= 0.6 is 0 Å². The second-order valence-electron chi connectivity index (χ2n) is 5.06. The lowest BCUT2D eigenvalue weighted by atomic mass is 9.94. The number of hydrogen-bond acceptors (Lipinski definition) is 5. The summed E-state index contributed by atoms with van der Waals surface area (Å²) in [5, 5.41) is 12.5. The Hall–Kier alpha value is -1.80. The Kier molecular flexibility index (Phi) is 3.68. The minimum absolute atomic E-state index is 0.365. The van der Waals surface area contributed by atoms with E-state index in [0.717, 1.165) is 19.5 Å². The number of piperidine rings is 1. The summed E-state index contributed by atoms with van der Waals surface area (Å²) in [5.41, 5.74) is 6.67. The normalized spacial score (nSPS) is 24.5. The maximum atomic E-state index is 9.09. The van der Waals surface area contributed by atoms with Gasteiger partial charge in [-0.2, -0.15) is 5.26 Å². The topological polar surface area (TPSA) is 78.0 Å². The lowest BCUT2D eigenvalue weighted by Gasteiger charge is -2.35. The summed E-state index contributed by atoms with van der Waals surface area (Å²) in [7, 11) is 2.13. The van der Waals surface area contributed by atoms with Crippen molar-refractivity contribution in [2.24, 2.45) is 5.92 Å². The van der Waals surface area contributed by atoms with E-state index in [2.05, 4.69) is 35.2 Å². The molecule has 18 heavy (non-hydrogen) atoms.